The summed E-state index contributed by atoms with van der Waals surface area (Å²) in [7, 11) is 0. The lowest BCUT2D eigenvalue weighted by Crippen LogP contribution is -2.39. The van der Waals surface area contributed by atoms with Gasteiger partial charge in [0.15, 0.2) is 0 Å². The topological polar surface area (TPSA) is 79.6 Å². The van der Waals surface area contributed by atoms with Gasteiger partial charge in [0.05, 0.1) is 12.7 Å². The van der Waals surface area contributed by atoms with Gasteiger partial charge >= 0.3 is 5.97 Å². The minimum absolute atomic E-state index is 0.0462. The predicted molar refractivity (Wildman–Crippen MR) is 68.5 cm³/mol. The molecule has 6 nitrogen and oxygen atoms in total. The third-order valence-electron chi connectivity index (χ3n) is 2.08. The Morgan fingerprint density at radius 3 is 2.68 bits per heavy atom. The fraction of sp³-hybridized carbons (Fsp3) is 0.692. The summed E-state index contributed by atoms with van der Waals surface area (Å²) < 4.78 is 4.84. The van der Waals surface area contributed by atoms with Gasteiger partial charge in [-0.05, 0) is 27.2 Å². The van der Waals surface area contributed by atoms with E-state index in [1.807, 2.05) is 6.07 Å². The monoisotopic (exact) mass is 268 g/mol. The average Bonchev–Trinajstić information content (AvgIpc) is 2.28. The Morgan fingerprint density at radius 1 is 1.47 bits per heavy atom. The number of hydrogen-bond donors (Lipinski definition) is 0. The van der Waals surface area contributed by atoms with Crippen LogP contribution in [-0.4, -0.2) is 42.3 Å². The van der Waals surface area contributed by atoms with Gasteiger partial charge in [-0.2, -0.15) is 10.3 Å². The number of hydrogen-bond acceptors (Lipinski definition) is 6. The summed E-state index contributed by atoms with van der Waals surface area (Å²) in [5, 5.41) is 9.91. The van der Waals surface area contributed by atoms with Gasteiger partial charge in [0.25, 0.3) is 0 Å². The molecular formula is C13H20N2O4. The normalized spacial score (nSPS) is 10.7. The number of esters is 1. The Morgan fingerprint density at radius 2 is 2.16 bits per heavy atom. The largest absolute Gasteiger partial charge is 0.465 e. The van der Waals surface area contributed by atoms with Gasteiger partial charge in [-0.3, -0.25) is 9.63 Å². The molecule has 0 saturated carbocycles. The van der Waals surface area contributed by atoms with Crippen molar-refractivity contribution in [2.45, 2.75) is 39.2 Å². The maximum absolute atomic E-state index is 11.4. The number of rotatable bonds is 9. The van der Waals surface area contributed by atoms with Crippen molar-refractivity contribution in [1.82, 2.24) is 5.06 Å². The highest BCUT2D eigenvalue weighted by Crippen LogP contribution is 2.13. The van der Waals surface area contributed by atoms with E-state index in [-0.39, 0.29) is 6.54 Å². The summed E-state index contributed by atoms with van der Waals surface area (Å²) >= 11 is 0. The van der Waals surface area contributed by atoms with Crippen LogP contribution in [0.1, 0.15) is 33.6 Å². The van der Waals surface area contributed by atoms with Crippen LogP contribution in [0.15, 0.2) is 6.08 Å². The number of carbonyl (C=O) groups excluding carboxylic acids is 2. The van der Waals surface area contributed by atoms with Gasteiger partial charge in [0, 0.05) is 19.0 Å². The quantitative estimate of drug-likeness (QED) is 0.271. The zero-order valence-corrected chi connectivity index (χ0v) is 11.6. The molecule has 0 unspecified atom stereocenters. The first-order valence-electron chi connectivity index (χ1n) is 6.14. The molecule has 19 heavy (non-hydrogen) atoms. The second kappa shape index (κ2) is 9.29. The van der Waals surface area contributed by atoms with Crippen molar-refractivity contribution in [3.63, 3.8) is 0 Å². The summed E-state index contributed by atoms with van der Waals surface area (Å²) in [5.41, 5.74) is -0.860. The van der Waals surface area contributed by atoms with Crippen LogP contribution in [0.5, 0.6) is 0 Å². The van der Waals surface area contributed by atoms with Crippen molar-refractivity contribution in [3.05, 3.63) is 6.08 Å². The Hall–Kier alpha value is -1.67. The highest BCUT2D eigenvalue weighted by atomic mass is 16.7. The number of ether oxygens (including phenoxy) is 1. The molecule has 0 fully saturated rings. The molecule has 0 aromatic carbocycles. The van der Waals surface area contributed by atoms with E-state index < -0.39 is 11.6 Å². The summed E-state index contributed by atoms with van der Waals surface area (Å²) in [6.45, 7) is 5.74. The molecular weight excluding hydrogens is 248 g/mol. The Balaban J connectivity index is 4.52. The minimum Gasteiger partial charge on any atom is -0.465 e. The fourth-order valence-electron chi connectivity index (χ4n) is 1.34. The molecule has 6 heteroatoms. The lowest BCUT2D eigenvalue weighted by Gasteiger charge is -2.28. The summed E-state index contributed by atoms with van der Waals surface area (Å²) in [4.78, 5) is 27.4. The molecule has 0 amide bonds. The Kier molecular flexibility index (Phi) is 8.47. The van der Waals surface area contributed by atoms with Gasteiger partial charge in [-0.15, -0.1) is 0 Å². The second-order valence-corrected chi connectivity index (χ2v) is 4.39. The maximum atomic E-state index is 11.4. The number of nitrogens with zero attached hydrogens (tertiary/aromatic N) is 2. The summed E-state index contributed by atoms with van der Waals surface area (Å²) in [6.07, 6.45) is 2.17. The van der Waals surface area contributed by atoms with E-state index in [0.29, 0.717) is 26.0 Å². The summed E-state index contributed by atoms with van der Waals surface area (Å²) in [6, 6.07) is 2.02. The van der Waals surface area contributed by atoms with Crippen LogP contribution in [0.3, 0.4) is 0 Å². The lowest BCUT2D eigenvalue weighted by molar-refractivity contribution is -0.221. The highest BCUT2D eigenvalue weighted by molar-refractivity contribution is 5.71. The smallest absolute Gasteiger partial charge is 0.322 e. The standard InChI is InChI=1S/C13H20N2O4/c1-4-18-12(17)11-15(9-6-5-8-14)19-13(2,3)7-10-16/h7H,4-6,9,11H2,1-3H3. The van der Waals surface area contributed by atoms with Crippen LogP contribution in [-0.2, 0) is 19.2 Å². The third-order valence-corrected chi connectivity index (χ3v) is 2.08. The predicted octanol–water partition coefficient (Wildman–Crippen LogP) is 1.25. The molecule has 0 heterocycles. The Bertz CT molecular complexity index is 367. The van der Waals surface area contributed by atoms with Gasteiger partial charge < -0.3 is 4.74 Å². The maximum Gasteiger partial charge on any atom is 0.322 e. The molecule has 106 valence electrons. The zero-order valence-electron chi connectivity index (χ0n) is 11.6. The number of hydroxylamine groups is 2. The van der Waals surface area contributed by atoms with Gasteiger partial charge in [-0.1, -0.05) is 0 Å². The molecule has 0 rings (SSSR count). The molecule has 0 N–H and O–H groups in total. The first-order chi connectivity index (χ1) is 8.95. The van der Waals surface area contributed by atoms with Crippen molar-refractivity contribution in [2.75, 3.05) is 19.7 Å². The van der Waals surface area contributed by atoms with Gasteiger partial charge in [-0.25, -0.2) is 4.79 Å². The van der Waals surface area contributed by atoms with Crippen LogP contribution in [0.2, 0.25) is 0 Å². The van der Waals surface area contributed by atoms with E-state index in [4.69, 9.17) is 14.8 Å². The van der Waals surface area contributed by atoms with Crippen molar-refractivity contribution >= 4 is 11.9 Å². The van der Waals surface area contributed by atoms with E-state index in [1.54, 1.807) is 26.7 Å². The Labute approximate surface area is 113 Å². The van der Waals surface area contributed by atoms with E-state index in [0.717, 1.165) is 0 Å². The van der Waals surface area contributed by atoms with Gasteiger partial charge in [0.1, 0.15) is 18.1 Å². The van der Waals surface area contributed by atoms with Gasteiger partial charge in [0.2, 0.25) is 0 Å². The lowest BCUT2D eigenvalue weighted by atomic mass is 10.1. The number of unbranched alkanes of at least 4 members (excludes halogenated alkanes) is 1. The first-order valence-corrected chi connectivity index (χ1v) is 6.14. The van der Waals surface area contributed by atoms with Crippen molar-refractivity contribution in [1.29, 1.82) is 5.26 Å². The number of carbonyl (C=O) groups is 1. The molecule has 0 aliphatic heterocycles. The second-order valence-electron chi connectivity index (χ2n) is 4.39. The van der Waals surface area contributed by atoms with Crippen LogP contribution in [0.4, 0.5) is 0 Å². The van der Waals surface area contributed by atoms with Crippen molar-refractivity contribution in [3.8, 4) is 6.07 Å². The fourth-order valence-corrected chi connectivity index (χ4v) is 1.34. The molecule has 0 aromatic heterocycles. The number of nitriles is 1. The van der Waals surface area contributed by atoms with E-state index >= 15 is 0 Å². The molecule has 0 atom stereocenters. The molecule has 0 saturated heterocycles. The van der Waals surface area contributed by atoms with Crippen molar-refractivity contribution < 1.29 is 19.2 Å². The molecule has 0 aliphatic rings. The van der Waals surface area contributed by atoms with Crippen LogP contribution in [0, 0.1) is 11.3 Å². The third kappa shape index (κ3) is 8.97. The summed E-state index contributed by atoms with van der Waals surface area (Å²) in [5.74, 6) is 1.25. The highest BCUT2D eigenvalue weighted by Gasteiger charge is 2.22. The van der Waals surface area contributed by atoms with E-state index in [1.165, 1.54) is 11.1 Å². The van der Waals surface area contributed by atoms with Crippen molar-refractivity contribution in [2.24, 2.45) is 0 Å². The zero-order chi connectivity index (χ0) is 14.7. The van der Waals surface area contributed by atoms with Crippen LogP contribution >= 0.6 is 0 Å². The van der Waals surface area contributed by atoms with E-state index in [2.05, 4.69) is 0 Å². The molecule has 0 radical (unpaired) electrons. The first kappa shape index (κ1) is 17.3. The SMILES string of the molecule is CCOC(=O)CN(CCCC#N)OC(C)(C)C=C=O. The average molecular weight is 268 g/mol. The minimum atomic E-state index is -0.860. The molecule has 0 aromatic rings. The molecule has 0 aliphatic carbocycles. The van der Waals surface area contributed by atoms with Crippen LogP contribution < -0.4 is 0 Å². The van der Waals surface area contributed by atoms with Crippen LogP contribution in [0.25, 0.3) is 0 Å². The molecule has 0 bridgehead atoms. The molecule has 0 spiro atoms. The van der Waals surface area contributed by atoms with E-state index in [9.17, 15) is 9.59 Å².